The van der Waals surface area contributed by atoms with Crippen molar-refractivity contribution in [3.8, 4) is 17.2 Å². The number of rotatable bonds is 7. The summed E-state index contributed by atoms with van der Waals surface area (Å²) < 4.78 is 20.8. The van der Waals surface area contributed by atoms with Crippen molar-refractivity contribution in [2.45, 2.75) is 0 Å². The van der Waals surface area contributed by atoms with Crippen LogP contribution in [0.2, 0.25) is 0 Å². The van der Waals surface area contributed by atoms with Crippen molar-refractivity contribution in [3.05, 3.63) is 63.9 Å². The first-order valence-corrected chi connectivity index (χ1v) is 8.61. The molecule has 0 aliphatic heterocycles. The molecule has 0 aliphatic carbocycles. The molecule has 0 amide bonds. The number of aromatic amines is 1. The summed E-state index contributed by atoms with van der Waals surface area (Å²) >= 11 is 0. The highest BCUT2D eigenvalue weighted by Crippen LogP contribution is 2.38. The number of fused-ring (bicyclic) bond motifs is 1. The Morgan fingerprint density at radius 1 is 0.931 bits per heavy atom. The normalized spacial score (nSPS) is 10.4. The van der Waals surface area contributed by atoms with Crippen LogP contribution in [-0.2, 0) is 4.74 Å². The number of H-pyrrole nitrogens is 1. The quantitative estimate of drug-likeness (QED) is 0.483. The number of pyridine rings is 1. The number of ketones is 1. The number of para-hydroxylation sites is 1. The third-order valence-corrected chi connectivity index (χ3v) is 4.29. The summed E-state index contributed by atoms with van der Waals surface area (Å²) in [7, 11) is 4.32. The first kappa shape index (κ1) is 19.9. The molecule has 1 heterocycles. The zero-order valence-corrected chi connectivity index (χ0v) is 16.1. The summed E-state index contributed by atoms with van der Waals surface area (Å²) in [5.41, 5.74) is 0.375. The van der Waals surface area contributed by atoms with E-state index in [0.717, 1.165) is 6.07 Å². The summed E-state index contributed by atoms with van der Waals surface area (Å²) in [5.74, 6) is -0.275. The van der Waals surface area contributed by atoms with E-state index in [0.29, 0.717) is 28.2 Å². The number of benzene rings is 2. The third kappa shape index (κ3) is 4.06. The lowest BCUT2D eigenvalue weighted by Gasteiger charge is -2.13. The Bertz CT molecular complexity index is 1110. The Morgan fingerprint density at radius 3 is 2.21 bits per heavy atom. The monoisotopic (exact) mass is 397 g/mol. The van der Waals surface area contributed by atoms with Crippen molar-refractivity contribution in [1.29, 1.82) is 0 Å². The van der Waals surface area contributed by atoms with E-state index in [-0.39, 0.29) is 11.1 Å². The first-order chi connectivity index (χ1) is 14.0. The lowest BCUT2D eigenvalue weighted by Crippen LogP contribution is -2.17. The van der Waals surface area contributed by atoms with Crippen LogP contribution in [0.3, 0.4) is 0 Å². The number of carbonyl (C=O) groups excluding carboxylic acids is 2. The van der Waals surface area contributed by atoms with Gasteiger partial charge in [0.05, 0.1) is 26.9 Å². The molecule has 0 aliphatic rings. The maximum absolute atomic E-state index is 12.5. The van der Waals surface area contributed by atoms with Gasteiger partial charge in [-0.1, -0.05) is 18.2 Å². The molecule has 0 saturated carbocycles. The van der Waals surface area contributed by atoms with Crippen molar-refractivity contribution < 1.29 is 28.5 Å². The van der Waals surface area contributed by atoms with Gasteiger partial charge in [0.2, 0.25) is 17.1 Å². The number of hydrogen-bond donors (Lipinski definition) is 1. The van der Waals surface area contributed by atoms with E-state index < -0.39 is 23.9 Å². The molecule has 0 atom stereocenters. The lowest BCUT2D eigenvalue weighted by atomic mass is 10.1. The second kappa shape index (κ2) is 8.47. The molecule has 2 aromatic carbocycles. The fourth-order valence-corrected chi connectivity index (χ4v) is 2.91. The van der Waals surface area contributed by atoms with Gasteiger partial charge in [-0.05, 0) is 18.2 Å². The molecule has 0 bridgehead atoms. The number of nitrogens with one attached hydrogen (secondary N) is 1. The van der Waals surface area contributed by atoms with Crippen LogP contribution in [0.1, 0.15) is 20.7 Å². The van der Waals surface area contributed by atoms with Crippen molar-refractivity contribution in [2.24, 2.45) is 0 Å². The summed E-state index contributed by atoms with van der Waals surface area (Å²) in [5, 5.41) is 0.525. The van der Waals surface area contributed by atoms with E-state index in [1.807, 2.05) is 0 Å². The summed E-state index contributed by atoms with van der Waals surface area (Å²) in [6.07, 6.45) is 0. The van der Waals surface area contributed by atoms with Crippen molar-refractivity contribution in [3.63, 3.8) is 0 Å². The highest BCUT2D eigenvalue weighted by Gasteiger charge is 2.19. The topological polar surface area (TPSA) is 104 Å². The Morgan fingerprint density at radius 2 is 1.59 bits per heavy atom. The van der Waals surface area contributed by atoms with Gasteiger partial charge in [0.1, 0.15) is 0 Å². The third-order valence-electron chi connectivity index (χ3n) is 4.29. The molecule has 8 nitrogen and oxygen atoms in total. The smallest absolute Gasteiger partial charge is 0.339 e. The predicted octanol–water partition coefficient (Wildman–Crippen LogP) is 2.59. The number of aromatic nitrogens is 1. The molecular formula is C21H19NO7. The molecule has 29 heavy (non-hydrogen) atoms. The van der Waals surface area contributed by atoms with Gasteiger partial charge in [-0.15, -0.1) is 0 Å². The van der Waals surface area contributed by atoms with Crippen LogP contribution in [0, 0.1) is 0 Å². The fraction of sp³-hybridized carbons (Fsp3) is 0.190. The van der Waals surface area contributed by atoms with Crippen molar-refractivity contribution in [2.75, 3.05) is 27.9 Å². The molecule has 0 radical (unpaired) electrons. The maximum Gasteiger partial charge on any atom is 0.339 e. The van der Waals surface area contributed by atoms with Gasteiger partial charge >= 0.3 is 5.97 Å². The first-order valence-electron chi connectivity index (χ1n) is 8.61. The zero-order valence-electron chi connectivity index (χ0n) is 16.1. The van der Waals surface area contributed by atoms with Gasteiger partial charge in [-0.3, -0.25) is 9.59 Å². The Kier molecular flexibility index (Phi) is 5.82. The van der Waals surface area contributed by atoms with Crippen molar-refractivity contribution >= 4 is 22.7 Å². The Labute approximate surface area is 166 Å². The van der Waals surface area contributed by atoms with Crippen LogP contribution in [0.15, 0.2) is 47.3 Å². The number of hydrogen-bond acceptors (Lipinski definition) is 7. The molecule has 3 aromatic rings. The Hall–Kier alpha value is -3.81. The highest BCUT2D eigenvalue weighted by molar-refractivity contribution is 6.05. The standard InChI is InChI=1S/C21H19NO7/c1-26-17-8-12(9-18(27-2)20(17)28-3)16(23)11-29-21(25)14-10-19(24)22-15-7-5-4-6-13(14)15/h4-10H,11H2,1-3H3,(H,22,24). The number of Topliss-reactive ketones (excluding diaryl/α,β-unsaturated/α-hetero) is 1. The van der Waals surface area contributed by atoms with Gasteiger partial charge in [-0.25, -0.2) is 4.79 Å². The largest absolute Gasteiger partial charge is 0.493 e. The zero-order chi connectivity index (χ0) is 21.0. The summed E-state index contributed by atoms with van der Waals surface area (Å²) in [6.45, 7) is -0.515. The van der Waals surface area contributed by atoms with E-state index >= 15 is 0 Å². The number of methoxy groups -OCH3 is 3. The fourth-order valence-electron chi connectivity index (χ4n) is 2.91. The average Bonchev–Trinajstić information content (AvgIpc) is 2.75. The summed E-state index contributed by atoms with van der Waals surface area (Å²) in [4.78, 5) is 39.5. The molecule has 150 valence electrons. The van der Waals surface area contributed by atoms with E-state index in [4.69, 9.17) is 18.9 Å². The van der Waals surface area contributed by atoms with Crippen LogP contribution in [0.25, 0.3) is 10.9 Å². The second-order valence-corrected chi connectivity index (χ2v) is 6.01. The molecule has 8 heteroatoms. The minimum atomic E-state index is -0.770. The van der Waals surface area contributed by atoms with Gasteiger partial charge < -0.3 is 23.9 Å². The van der Waals surface area contributed by atoms with Crippen LogP contribution < -0.4 is 19.8 Å². The van der Waals surface area contributed by atoms with Gasteiger partial charge in [-0.2, -0.15) is 0 Å². The van der Waals surface area contributed by atoms with E-state index in [1.54, 1.807) is 24.3 Å². The molecule has 1 N–H and O–H groups in total. The lowest BCUT2D eigenvalue weighted by molar-refractivity contribution is 0.0476. The van der Waals surface area contributed by atoms with Crippen LogP contribution in [0.5, 0.6) is 17.2 Å². The molecular weight excluding hydrogens is 378 g/mol. The minimum Gasteiger partial charge on any atom is -0.493 e. The van der Waals surface area contributed by atoms with Crippen LogP contribution >= 0.6 is 0 Å². The number of esters is 1. The maximum atomic E-state index is 12.5. The molecule has 0 unspecified atom stereocenters. The summed E-state index contributed by atoms with van der Waals surface area (Å²) in [6, 6.07) is 10.9. The van der Waals surface area contributed by atoms with E-state index in [1.165, 1.54) is 33.5 Å². The van der Waals surface area contributed by atoms with E-state index in [9.17, 15) is 14.4 Å². The molecule has 0 spiro atoms. The SMILES string of the molecule is COc1cc(C(=O)COC(=O)c2cc(=O)[nH]c3ccccc23)cc(OC)c1OC. The molecule has 0 fully saturated rings. The van der Waals surface area contributed by atoms with Crippen LogP contribution in [0.4, 0.5) is 0 Å². The molecule has 0 saturated heterocycles. The van der Waals surface area contributed by atoms with Crippen molar-refractivity contribution in [1.82, 2.24) is 4.98 Å². The van der Waals surface area contributed by atoms with E-state index in [2.05, 4.69) is 4.98 Å². The second-order valence-electron chi connectivity index (χ2n) is 6.01. The average molecular weight is 397 g/mol. The van der Waals surface area contributed by atoms with Gasteiger partial charge in [0.25, 0.3) is 0 Å². The van der Waals surface area contributed by atoms with Gasteiger partial charge in [0.15, 0.2) is 18.1 Å². The number of ether oxygens (including phenoxy) is 4. The Balaban J connectivity index is 1.83. The number of carbonyl (C=O) groups is 2. The predicted molar refractivity (Wildman–Crippen MR) is 105 cm³/mol. The molecule has 1 aromatic heterocycles. The minimum absolute atomic E-state index is 0.0852. The van der Waals surface area contributed by atoms with Crippen LogP contribution in [-0.4, -0.2) is 44.7 Å². The molecule has 3 rings (SSSR count). The highest BCUT2D eigenvalue weighted by atomic mass is 16.5. The van der Waals surface area contributed by atoms with Gasteiger partial charge in [0, 0.05) is 22.5 Å².